The minimum absolute atomic E-state index is 0.0864. The smallest absolute Gasteiger partial charge is 0.303 e. The molecule has 3 heteroatoms. The average Bonchev–Trinajstić information content (AvgIpc) is 2.10. The lowest BCUT2D eigenvalue weighted by molar-refractivity contribution is -0.143. The summed E-state index contributed by atoms with van der Waals surface area (Å²) in [5.74, 6) is -0.228. The van der Waals surface area contributed by atoms with Gasteiger partial charge < -0.3 is 9.84 Å². The Bertz CT molecular complexity index is 286. The van der Waals surface area contributed by atoms with Gasteiger partial charge in [-0.15, -0.1) is 0 Å². The van der Waals surface area contributed by atoms with E-state index in [9.17, 15) is 9.90 Å². The van der Waals surface area contributed by atoms with Crippen molar-refractivity contribution in [2.45, 2.75) is 60.2 Å². The van der Waals surface area contributed by atoms with Crippen molar-refractivity contribution in [1.82, 2.24) is 0 Å². The van der Waals surface area contributed by atoms with Gasteiger partial charge in [0.05, 0.1) is 5.60 Å². The molecule has 0 radical (unpaired) electrons. The molecule has 0 aliphatic carbocycles. The number of aliphatic hydroxyl groups is 1. The molecular weight excluding hydrogens is 216 g/mol. The summed E-state index contributed by atoms with van der Waals surface area (Å²) in [5.41, 5.74) is -1.19. The van der Waals surface area contributed by atoms with Crippen molar-refractivity contribution in [3.8, 4) is 0 Å². The van der Waals surface area contributed by atoms with Gasteiger partial charge in [0, 0.05) is 6.92 Å². The highest BCUT2D eigenvalue weighted by Crippen LogP contribution is 2.37. The second-order valence-electron chi connectivity index (χ2n) is 5.90. The van der Waals surface area contributed by atoms with Crippen molar-refractivity contribution < 1.29 is 14.6 Å². The van der Waals surface area contributed by atoms with Crippen LogP contribution in [0.5, 0.6) is 0 Å². The molecule has 0 aliphatic rings. The largest absolute Gasteiger partial charge is 0.459 e. The molecule has 0 bridgehead atoms. The fraction of sp³-hybridized carbons (Fsp3) is 0.786. The van der Waals surface area contributed by atoms with E-state index in [4.69, 9.17) is 4.74 Å². The maximum Gasteiger partial charge on any atom is 0.303 e. The quantitative estimate of drug-likeness (QED) is 0.609. The van der Waals surface area contributed by atoms with Crippen LogP contribution in [0.15, 0.2) is 12.2 Å². The number of hydrogen-bond donors (Lipinski definition) is 1. The molecule has 0 saturated heterocycles. The van der Waals surface area contributed by atoms with Crippen LogP contribution >= 0.6 is 0 Å². The monoisotopic (exact) mass is 242 g/mol. The predicted octanol–water partition coefficient (Wildman–Crippen LogP) is 2.93. The van der Waals surface area contributed by atoms with Crippen LogP contribution in [0.3, 0.4) is 0 Å². The fourth-order valence-corrected chi connectivity index (χ4v) is 1.89. The lowest BCUT2D eigenvalue weighted by Gasteiger charge is -2.41. The number of esters is 1. The molecule has 0 amide bonds. The Balaban J connectivity index is 4.90. The Morgan fingerprint density at radius 2 is 1.71 bits per heavy atom. The van der Waals surface area contributed by atoms with Crippen molar-refractivity contribution in [3.63, 3.8) is 0 Å². The molecular formula is C14H26O3. The molecule has 0 heterocycles. The lowest BCUT2D eigenvalue weighted by Crippen LogP contribution is -2.45. The topological polar surface area (TPSA) is 46.5 Å². The van der Waals surface area contributed by atoms with E-state index in [0.717, 1.165) is 0 Å². The molecule has 2 unspecified atom stereocenters. The van der Waals surface area contributed by atoms with E-state index in [1.807, 2.05) is 34.6 Å². The van der Waals surface area contributed by atoms with Crippen LogP contribution in [0.2, 0.25) is 0 Å². The summed E-state index contributed by atoms with van der Waals surface area (Å²) in [5, 5.41) is 10.7. The van der Waals surface area contributed by atoms with Crippen LogP contribution in [0.4, 0.5) is 0 Å². The van der Waals surface area contributed by atoms with E-state index >= 15 is 0 Å². The maximum absolute atomic E-state index is 10.8. The Labute approximate surface area is 105 Å². The Kier molecular flexibility index (Phi) is 5.40. The first-order valence-corrected chi connectivity index (χ1v) is 6.09. The third kappa shape index (κ3) is 4.50. The van der Waals surface area contributed by atoms with Crippen molar-refractivity contribution in [2.24, 2.45) is 11.3 Å². The number of carbonyl (C=O) groups is 1. The van der Waals surface area contributed by atoms with Crippen LogP contribution in [0, 0.1) is 11.3 Å². The zero-order chi connectivity index (χ0) is 13.9. The first-order valence-electron chi connectivity index (χ1n) is 6.09. The number of hydrogen-bond acceptors (Lipinski definition) is 3. The van der Waals surface area contributed by atoms with Gasteiger partial charge in [-0.05, 0) is 24.3 Å². The zero-order valence-electron chi connectivity index (χ0n) is 12.1. The number of rotatable bonds is 4. The molecule has 0 fully saturated rings. The Morgan fingerprint density at radius 1 is 1.24 bits per heavy atom. The van der Waals surface area contributed by atoms with Gasteiger partial charge in [0.25, 0.3) is 0 Å². The highest BCUT2D eigenvalue weighted by molar-refractivity contribution is 5.66. The summed E-state index contributed by atoms with van der Waals surface area (Å²) in [6.45, 7) is 13.1. The molecule has 0 aliphatic heterocycles. The summed E-state index contributed by atoms with van der Waals surface area (Å²) in [6, 6.07) is 0. The first-order chi connectivity index (χ1) is 7.50. The van der Waals surface area contributed by atoms with E-state index in [1.165, 1.54) is 6.92 Å². The van der Waals surface area contributed by atoms with E-state index in [-0.39, 0.29) is 23.4 Å². The average molecular weight is 242 g/mol. The maximum atomic E-state index is 10.8. The molecule has 100 valence electrons. The van der Waals surface area contributed by atoms with Crippen molar-refractivity contribution >= 4 is 5.97 Å². The summed E-state index contributed by atoms with van der Waals surface area (Å²) < 4.78 is 5.00. The van der Waals surface area contributed by atoms with Gasteiger partial charge in [-0.3, -0.25) is 4.79 Å². The Hall–Kier alpha value is -0.830. The summed E-state index contributed by atoms with van der Waals surface area (Å²) in [7, 11) is 0. The van der Waals surface area contributed by atoms with Gasteiger partial charge in [0.15, 0.2) is 0 Å². The minimum atomic E-state index is -0.915. The molecule has 2 atom stereocenters. The molecule has 0 saturated carbocycles. The van der Waals surface area contributed by atoms with E-state index < -0.39 is 5.60 Å². The molecule has 0 aromatic rings. The van der Waals surface area contributed by atoms with E-state index in [2.05, 4.69) is 0 Å². The lowest BCUT2D eigenvalue weighted by atomic mass is 9.70. The third-order valence-corrected chi connectivity index (χ3v) is 3.05. The summed E-state index contributed by atoms with van der Waals surface area (Å²) in [4.78, 5) is 10.8. The summed E-state index contributed by atoms with van der Waals surface area (Å²) in [6.07, 6.45) is 3.18. The van der Waals surface area contributed by atoms with Gasteiger partial charge in [0.1, 0.15) is 6.10 Å². The van der Waals surface area contributed by atoms with Crippen LogP contribution in [-0.4, -0.2) is 22.8 Å². The van der Waals surface area contributed by atoms with Crippen LogP contribution in [0.1, 0.15) is 48.5 Å². The van der Waals surface area contributed by atoms with E-state index in [1.54, 1.807) is 19.1 Å². The van der Waals surface area contributed by atoms with E-state index in [0.29, 0.717) is 0 Å². The number of carbonyl (C=O) groups excluding carboxylic acids is 1. The second-order valence-corrected chi connectivity index (χ2v) is 5.90. The highest BCUT2D eigenvalue weighted by Gasteiger charge is 2.40. The SMILES string of the molecule is CC(=O)OC(C)/C=C/C(O)(C(C)C)C(C)(C)C. The third-order valence-electron chi connectivity index (χ3n) is 3.05. The van der Waals surface area contributed by atoms with Gasteiger partial charge in [-0.2, -0.15) is 0 Å². The predicted molar refractivity (Wildman–Crippen MR) is 69.6 cm³/mol. The van der Waals surface area contributed by atoms with Gasteiger partial charge in [0.2, 0.25) is 0 Å². The fourth-order valence-electron chi connectivity index (χ4n) is 1.89. The van der Waals surface area contributed by atoms with Crippen LogP contribution < -0.4 is 0 Å². The minimum Gasteiger partial charge on any atom is -0.459 e. The molecule has 0 aromatic heterocycles. The Morgan fingerprint density at radius 3 is 2.00 bits per heavy atom. The molecule has 0 spiro atoms. The van der Waals surface area contributed by atoms with Crippen molar-refractivity contribution in [1.29, 1.82) is 0 Å². The molecule has 1 N–H and O–H groups in total. The normalized spacial score (nSPS) is 18.2. The molecule has 3 nitrogen and oxygen atoms in total. The highest BCUT2D eigenvalue weighted by atomic mass is 16.5. The number of ether oxygens (including phenoxy) is 1. The van der Waals surface area contributed by atoms with Crippen molar-refractivity contribution in [2.75, 3.05) is 0 Å². The zero-order valence-corrected chi connectivity index (χ0v) is 12.1. The van der Waals surface area contributed by atoms with Gasteiger partial charge in [-0.1, -0.05) is 40.7 Å². The summed E-state index contributed by atoms with van der Waals surface area (Å²) >= 11 is 0. The van der Waals surface area contributed by atoms with Crippen LogP contribution in [-0.2, 0) is 9.53 Å². The molecule has 0 aromatic carbocycles. The van der Waals surface area contributed by atoms with Gasteiger partial charge >= 0.3 is 5.97 Å². The molecule has 0 rings (SSSR count). The van der Waals surface area contributed by atoms with Crippen molar-refractivity contribution in [3.05, 3.63) is 12.2 Å². The second kappa shape index (κ2) is 5.67. The van der Waals surface area contributed by atoms with Crippen LogP contribution in [0.25, 0.3) is 0 Å². The first kappa shape index (κ1) is 16.2. The molecule has 17 heavy (non-hydrogen) atoms. The van der Waals surface area contributed by atoms with Gasteiger partial charge in [-0.25, -0.2) is 0 Å². The standard InChI is InChI=1S/C14H26O3/c1-10(2)14(16,13(5,6)7)9-8-11(3)17-12(4)15/h8-11,16H,1-7H3/b9-8+.